The number of hydrogen-bond donors (Lipinski definition) is 1. The lowest BCUT2D eigenvalue weighted by atomic mass is 10.4. The normalized spacial score (nSPS) is 11.0. The number of aromatic nitrogens is 2. The number of anilines is 2. The summed E-state index contributed by atoms with van der Waals surface area (Å²) in [5.41, 5.74) is 5.71. The standard InChI is InChI=1S/C10H15N5O3/c1-6(9(16)18-4)14-15(2)7-5-8(17-3)13-10(11)12-7/h5H,1-4H3,(H2,11,12,13)/b14-6+. The summed E-state index contributed by atoms with van der Waals surface area (Å²) in [4.78, 5) is 19.0. The van der Waals surface area contributed by atoms with E-state index in [-0.39, 0.29) is 11.7 Å². The van der Waals surface area contributed by atoms with E-state index in [1.54, 1.807) is 13.1 Å². The third-order valence-electron chi connectivity index (χ3n) is 2.03. The van der Waals surface area contributed by atoms with Crippen molar-refractivity contribution in [3.05, 3.63) is 6.07 Å². The summed E-state index contributed by atoms with van der Waals surface area (Å²) in [6.45, 7) is 1.53. The van der Waals surface area contributed by atoms with Gasteiger partial charge in [0, 0.05) is 13.1 Å². The molecule has 1 rings (SSSR count). The van der Waals surface area contributed by atoms with Crippen molar-refractivity contribution in [2.45, 2.75) is 6.92 Å². The number of ether oxygens (including phenoxy) is 2. The first kappa shape index (κ1) is 13.7. The second-order valence-electron chi connectivity index (χ2n) is 3.33. The van der Waals surface area contributed by atoms with Gasteiger partial charge in [0.15, 0.2) is 5.82 Å². The van der Waals surface area contributed by atoms with Gasteiger partial charge in [0.25, 0.3) is 0 Å². The Morgan fingerprint density at radius 2 is 2.11 bits per heavy atom. The predicted octanol–water partition coefficient (Wildman–Crippen LogP) is 0.0525. The molecular formula is C10H15N5O3. The van der Waals surface area contributed by atoms with Crippen LogP contribution in [0.5, 0.6) is 5.88 Å². The Morgan fingerprint density at radius 3 is 2.67 bits per heavy atom. The van der Waals surface area contributed by atoms with Gasteiger partial charge in [-0.05, 0) is 6.92 Å². The van der Waals surface area contributed by atoms with Crippen molar-refractivity contribution >= 4 is 23.4 Å². The highest BCUT2D eigenvalue weighted by molar-refractivity contribution is 6.35. The maximum atomic E-state index is 11.2. The smallest absolute Gasteiger partial charge is 0.353 e. The molecule has 2 N–H and O–H groups in total. The van der Waals surface area contributed by atoms with Gasteiger partial charge in [-0.1, -0.05) is 0 Å². The zero-order chi connectivity index (χ0) is 13.7. The summed E-state index contributed by atoms with van der Waals surface area (Å²) in [6, 6.07) is 1.55. The Kier molecular flexibility index (Phi) is 4.41. The molecule has 0 spiro atoms. The summed E-state index contributed by atoms with van der Waals surface area (Å²) in [7, 11) is 4.37. The van der Waals surface area contributed by atoms with Gasteiger partial charge in [-0.25, -0.2) is 4.79 Å². The van der Waals surface area contributed by atoms with E-state index in [1.807, 2.05) is 0 Å². The number of carbonyl (C=O) groups excluding carboxylic acids is 1. The number of esters is 1. The average molecular weight is 253 g/mol. The second-order valence-corrected chi connectivity index (χ2v) is 3.33. The molecule has 0 radical (unpaired) electrons. The number of nitrogens with zero attached hydrogens (tertiary/aromatic N) is 4. The number of nitrogens with two attached hydrogens (primary N) is 1. The van der Waals surface area contributed by atoms with Gasteiger partial charge in [-0.3, -0.25) is 5.01 Å². The van der Waals surface area contributed by atoms with Crippen LogP contribution in [0, 0.1) is 0 Å². The van der Waals surface area contributed by atoms with Crippen LogP contribution in [-0.4, -0.2) is 42.9 Å². The fraction of sp³-hybridized carbons (Fsp3) is 0.400. The minimum atomic E-state index is -0.518. The van der Waals surface area contributed by atoms with Crippen LogP contribution in [-0.2, 0) is 9.53 Å². The highest BCUT2D eigenvalue weighted by Gasteiger charge is 2.10. The Hall–Kier alpha value is -2.38. The van der Waals surface area contributed by atoms with E-state index in [0.717, 1.165) is 0 Å². The Bertz CT molecular complexity index is 475. The summed E-state index contributed by atoms with van der Waals surface area (Å²) in [5, 5.41) is 5.39. The lowest BCUT2D eigenvalue weighted by Gasteiger charge is -2.13. The molecule has 0 aromatic carbocycles. The van der Waals surface area contributed by atoms with E-state index in [2.05, 4.69) is 19.8 Å². The fourth-order valence-electron chi connectivity index (χ4n) is 1.17. The molecule has 0 aliphatic rings. The molecule has 0 bridgehead atoms. The average Bonchev–Trinajstić information content (AvgIpc) is 2.36. The maximum absolute atomic E-state index is 11.2. The van der Waals surface area contributed by atoms with Crippen molar-refractivity contribution in [1.29, 1.82) is 0 Å². The second kappa shape index (κ2) is 5.80. The first-order chi connectivity index (χ1) is 8.47. The van der Waals surface area contributed by atoms with Gasteiger partial charge >= 0.3 is 5.97 Å². The monoisotopic (exact) mass is 253 g/mol. The number of carbonyl (C=O) groups is 1. The molecule has 1 aromatic rings. The number of nitrogen functional groups attached to an aromatic ring is 1. The van der Waals surface area contributed by atoms with Crippen molar-refractivity contribution in [2.24, 2.45) is 5.10 Å². The molecule has 0 aliphatic heterocycles. The lowest BCUT2D eigenvalue weighted by Crippen LogP contribution is -2.19. The molecule has 0 atom stereocenters. The fourth-order valence-corrected chi connectivity index (χ4v) is 1.17. The van der Waals surface area contributed by atoms with E-state index >= 15 is 0 Å². The Balaban J connectivity index is 3.00. The Labute approximate surface area is 104 Å². The lowest BCUT2D eigenvalue weighted by molar-refractivity contribution is -0.132. The molecule has 0 unspecified atom stereocenters. The van der Waals surface area contributed by atoms with Crippen molar-refractivity contribution < 1.29 is 14.3 Å². The number of methoxy groups -OCH3 is 2. The summed E-state index contributed by atoms with van der Waals surface area (Å²) in [5.74, 6) is 0.260. The van der Waals surface area contributed by atoms with Crippen molar-refractivity contribution in [3.63, 3.8) is 0 Å². The van der Waals surface area contributed by atoms with Gasteiger partial charge in [0.05, 0.1) is 14.2 Å². The molecular weight excluding hydrogens is 238 g/mol. The minimum absolute atomic E-state index is 0.0575. The number of hydrazone groups is 1. The van der Waals surface area contributed by atoms with Crippen molar-refractivity contribution in [1.82, 2.24) is 9.97 Å². The molecule has 8 heteroatoms. The van der Waals surface area contributed by atoms with Crippen LogP contribution < -0.4 is 15.5 Å². The topological polar surface area (TPSA) is 103 Å². The largest absolute Gasteiger partial charge is 0.481 e. The number of rotatable bonds is 4. The molecule has 0 fully saturated rings. The third-order valence-corrected chi connectivity index (χ3v) is 2.03. The molecule has 1 heterocycles. The van der Waals surface area contributed by atoms with E-state index in [9.17, 15) is 4.79 Å². The molecule has 0 saturated carbocycles. The summed E-state index contributed by atoms with van der Waals surface area (Å²) < 4.78 is 9.50. The summed E-state index contributed by atoms with van der Waals surface area (Å²) >= 11 is 0. The molecule has 98 valence electrons. The summed E-state index contributed by atoms with van der Waals surface area (Å²) in [6.07, 6.45) is 0. The minimum Gasteiger partial charge on any atom is -0.481 e. The van der Waals surface area contributed by atoms with Crippen molar-refractivity contribution in [3.8, 4) is 5.88 Å². The molecule has 18 heavy (non-hydrogen) atoms. The van der Waals surface area contributed by atoms with Crippen LogP contribution in [0.2, 0.25) is 0 Å². The van der Waals surface area contributed by atoms with Crippen LogP contribution in [0.3, 0.4) is 0 Å². The highest BCUT2D eigenvalue weighted by atomic mass is 16.5. The zero-order valence-corrected chi connectivity index (χ0v) is 10.7. The molecule has 8 nitrogen and oxygen atoms in total. The first-order valence-corrected chi connectivity index (χ1v) is 5.03. The highest BCUT2D eigenvalue weighted by Crippen LogP contribution is 2.17. The van der Waals surface area contributed by atoms with E-state index in [4.69, 9.17) is 10.5 Å². The van der Waals surface area contributed by atoms with Crippen molar-refractivity contribution in [2.75, 3.05) is 32.0 Å². The zero-order valence-electron chi connectivity index (χ0n) is 10.7. The van der Waals surface area contributed by atoms with E-state index in [0.29, 0.717) is 11.7 Å². The van der Waals surface area contributed by atoms with Gasteiger partial charge < -0.3 is 15.2 Å². The number of hydrogen-bond acceptors (Lipinski definition) is 8. The predicted molar refractivity (Wildman–Crippen MR) is 66.5 cm³/mol. The quantitative estimate of drug-likeness (QED) is 0.459. The van der Waals surface area contributed by atoms with Gasteiger partial charge in [0.1, 0.15) is 5.71 Å². The van der Waals surface area contributed by atoms with Gasteiger partial charge in [0.2, 0.25) is 11.8 Å². The van der Waals surface area contributed by atoms with Crippen LogP contribution in [0.4, 0.5) is 11.8 Å². The van der Waals surface area contributed by atoms with E-state index in [1.165, 1.54) is 26.2 Å². The molecule has 0 amide bonds. The van der Waals surface area contributed by atoms with Gasteiger partial charge in [-0.15, -0.1) is 0 Å². The SMILES string of the molecule is COC(=O)/C(C)=N/N(C)c1cc(OC)nc(N)n1. The van der Waals surface area contributed by atoms with Crippen LogP contribution in [0.25, 0.3) is 0 Å². The molecule has 0 saturated heterocycles. The van der Waals surface area contributed by atoms with Crippen LogP contribution in [0.15, 0.2) is 11.2 Å². The molecule has 1 aromatic heterocycles. The van der Waals surface area contributed by atoms with Crippen LogP contribution >= 0.6 is 0 Å². The third kappa shape index (κ3) is 3.30. The van der Waals surface area contributed by atoms with E-state index < -0.39 is 5.97 Å². The first-order valence-electron chi connectivity index (χ1n) is 5.03. The van der Waals surface area contributed by atoms with Crippen LogP contribution in [0.1, 0.15) is 6.92 Å². The van der Waals surface area contributed by atoms with Gasteiger partial charge in [-0.2, -0.15) is 15.1 Å². The Morgan fingerprint density at radius 1 is 1.44 bits per heavy atom. The molecule has 0 aliphatic carbocycles. The maximum Gasteiger partial charge on any atom is 0.353 e.